The molecule has 0 aromatic heterocycles. The number of alkyl halides is 1. The number of carboxylic acid groups (broad SMARTS) is 1. The van der Waals surface area contributed by atoms with Crippen molar-refractivity contribution in [3.8, 4) is 0 Å². The van der Waals surface area contributed by atoms with Gasteiger partial charge in [-0.2, -0.15) is 0 Å². The molecule has 1 unspecified atom stereocenters. The number of benzene rings is 1. The molecule has 4 nitrogen and oxygen atoms in total. The number of fused-ring (bicyclic) bond motifs is 1. The van der Waals surface area contributed by atoms with Crippen LogP contribution >= 0.6 is 11.6 Å². The van der Waals surface area contributed by atoms with Gasteiger partial charge in [0.25, 0.3) is 0 Å². The lowest BCUT2D eigenvalue weighted by Crippen LogP contribution is -2.32. The van der Waals surface area contributed by atoms with Crippen molar-refractivity contribution in [3.63, 3.8) is 0 Å². The minimum absolute atomic E-state index is 0.340. The van der Waals surface area contributed by atoms with E-state index in [1.807, 2.05) is 0 Å². The highest BCUT2D eigenvalue weighted by atomic mass is 35.5. The minimum atomic E-state index is -1.09. The van der Waals surface area contributed by atoms with E-state index in [2.05, 4.69) is 10.6 Å². The van der Waals surface area contributed by atoms with Crippen LogP contribution in [0.5, 0.6) is 0 Å². The summed E-state index contributed by atoms with van der Waals surface area (Å²) in [4.78, 5) is 10.7. The molecule has 1 amide bonds. The molecule has 17 heavy (non-hydrogen) atoms. The quantitative estimate of drug-likeness (QED) is 0.764. The lowest BCUT2D eigenvalue weighted by molar-refractivity contribution is 0.189. The molecule has 1 aromatic carbocycles. The van der Waals surface area contributed by atoms with Crippen LogP contribution in [0.3, 0.4) is 0 Å². The summed E-state index contributed by atoms with van der Waals surface area (Å²) in [6, 6.07) is 2.88. The molecule has 0 radical (unpaired) electrons. The molecule has 1 aliphatic rings. The standard InChI is InChI=1S/C11H12ClFN2O2/c12-7-3-6(5-13)10-8(4-7)9(1-2-14-10)15-11(16)17/h3-4,9,14-15H,1-2,5H2,(H,16,17). The molecule has 1 aliphatic heterocycles. The van der Waals surface area contributed by atoms with Gasteiger partial charge in [0.15, 0.2) is 0 Å². The summed E-state index contributed by atoms with van der Waals surface area (Å²) in [6.45, 7) is -0.0255. The fraction of sp³-hybridized carbons (Fsp3) is 0.364. The SMILES string of the molecule is O=C(O)NC1CCNc2c(CF)cc(Cl)cc21. The van der Waals surface area contributed by atoms with Crippen LogP contribution < -0.4 is 10.6 Å². The maximum atomic E-state index is 12.8. The molecule has 0 fully saturated rings. The monoisotopic (exact) mass is 258 g/mol. The molecule has 3 N–H and O–H groups in total. The number of hydrogen-bond acceptors (Lipinski definition) is 2. The van der Waals surface area contributed by atoms with Gasteiger partial charge in [-0.05, 0) is 24.1 Å². The molecule has 2 rings (SSSR count). The largest absolute Gasteiger partial charge is 0.465 e. The summed E-state index contributed by atoms with van der Waals surface area (Å²) in [7, 11) is 0. The molecule has 0 bridgehead atoms. The van der Waals surface area contributed by atoms with Crippen molar-refractivity contribution in [1.82, 2.24) is 5.32 Å². The molecule has 1 atom stereocenters. The molecule has 92 valence electrons. The van der Waals surface area contributed by atoms with Gasteiger partial charge in [-0.25, -0.2) is 9.18 Å². The Kier molecular flexibility index (Phi) is 3.38. The van der Waals surface area contributed by atoms with E-state index in [9.17, 15) is 9.18 Å². The van der Waals surface area contributed by atoms with E-state index < -0.39 is 12.8 Å². The highest BCUT2D eigenvalue weighted by molar-refractivity contribution is 6.30. The van der Waals surface area contributed by atoms with Crippen molar-refractivity contribution < 1.29 is 14.3 Å². The summed E-state index contributed by atoms with van der Waals surface area (Å²) in [5.74, 6) is 0. The third-order valence-electron chi connectivity index (χ3n) is 2.77. The summed E-state index contributed by atoms with van der Waals surface area (Å²) >= 11 is 5.89. The van der Waals surface area contributed by atoms with Gasteiger partial charge in [0, 0.05) is 22.8 Å². The van der Waals surface area contributed by atoms with E-state index in [1.54, 1.807) is 12.1 Å². The van der Waals surface area contributed by atoms with Crippen molar-refractivity contribution >= 4 is 23.4 Å². The Morgan fingerprint density at radius 1 is 1.65 bits per heavy atom. The van der Waals surface area contributed by atoms with Crippen LogP contribution in [0, 0.1) is 0 Å². The maximum Gasteiger partial charge on any atom is 0.405 e. The van der Waals surface area contributed by atoms with E-state index >= 15 is 0 Å². The molecule has 0 saturated carbocycles. The highest BCUT2D eigenvalue weighted by Crippen LogP contribution is 2.35. The van der Waals surface area contributed by atoms with Crippen molar-refractivity contribution in [3.05, 3.63) is 28.3 Å². The molecule has 0 spiro atoms. The van der Waals surface area contributed by atoms with Crippen molar-refractivity contribution in [1.29, 1.82) is 0 Å². The van der Waals surface area contributed by atoms with Crippen LogP contribution in [0.1, 0.15) is 23.6 Å². The van der Waals surface area contributed by atoms with Crippen molar-refractivity contribution in [2.45, 2.75) is 19.1 Å². The van der Waals surface area contributed by atoms with Gasteiger partial charge in [0.05, 0.1) is 6.04 Å². The first kappa shape index (κ1) is 12.0. The first-order valence-electron chi connectivity index (χ1n) is 5.23. The lowest BCUT2D eigenvalue weighted by atomic mass is 9.95. The number of rotatable bonds is 2. The molecule has 1 heterocycles. The van der Waals surface area contributed by atoms with Gasteiger partial charge in [0.2, 0.25) is 0 Å². The fourth-order valence-electron chi connectivity index (χ4n) is 2.08. The Hall–Kier alpha value is -1.49. The van der Waals surface area contributed by atoms with Crippen LogP contribution in [0.15, 0.2) is 12.1 Å². The maximum absolute atomic E-state index is 12.8. The topological polar surface area (TPSA) is 61.4 Å². The van der Waals surface area contributed by atoms with Gasteiger partial charge >= 0.3 is 6.09 Å². The van der Waals surface area contributed by atoms with Crippen LogP contribution in [0.2, 0.25) is 5.02 Å². The number of nitrogens with one attached hydrogen (secondary N) is 2. The van der Waals surface area contributed by atoms with E-state index in [0.717, 1.165) is 0 Å². The van der Waals surface area contributed by atoms with E-state index in [-0.39, 0.29) is 6.04 Å². The van der Waals surface area contributed by atoms with Crippen molar-refractivity contribution in [2.75, 3.05) is 11.9 Å². The number of anilines is 1. The fourth-order valence-corrected chi connectivity index (χ4v) is 2.33. The van der Waals surface area contributed by atoms with E-state index in [0.29, 0.717) is 34.8 Å². The molecule has 0 saturated heterocycles. The average Bonchev–Trinajstić information content (AvgIpc) is 2.28. The lowest BCUT2D eigenvalue weighted by Gasteiger charge is -2.28. The molecule has 6 heteroatoms. The predicted octanol–water partition coefficient (Wildman–Crippen LogP) is 2.93. The summed E-state index contributed by atoms with van der Waals surface area (Å²) in [5, 5.41) is 14.7. The Morgan fingerprint density at radius 2 is 2.41 bits per heavy atom. The zero-order chi connectivity index (χ0) is 12.4. The van der Waals surface area contributed by atoms with E-state index in [1.165, 1.54) is 0 Å². The zero-order valence-corrected chi connectivity index (χ0v) is 9.72. The Labute approximate surface area is 103 Å². The number of carbonyl (C=O) groups is 1. The summed E-state index contributed by atoms with van der Waals surface area (Å²) < 4.78 is 12.8. The van der Waals surface area contributed by atoms with Gasteiger partial charge in [0.1, 0.15) is 6.67 Å². The van der Waals surface area contributed by atoms with Crippen LogP contribution in [-0.4, -0.2) is 17.7 Å². The average molecular weight is 259 g/mol. The predicted molar refractivity (Wildman–Crippen MR) is 63.3 cm³/mol. The third kappa shape index (κ3) is 2.44. The van der Waals surface area contributed by atoms with Gasteiger partial charge in [-0.15, -0.1) is 0 Å². The van der Waals surface area contributed by atoms with Crippen LogP contribution in [0.25, 0.3) is 0 Å². The van der Waals surface area contributed by atoms with Crippen molar-refractivity contribution in [2.24, 2.45) is 0 Å². The summed E-state index contributed by atoms with van der Waals surface area (Å²) in [6.07, 6.45) is -0.477. The Morgan fingerprint density at radius 3 is 3.06 bits per heavy atom. The molecular formula is C11H12ClFN2O2. The second-order valence-corrected chi connectivity index (χ2v) is 4.32. The van der Waals surface area contributed by atoms with Gasteiger partial charge < -0.3 is 15.7 Å². The van der Waals surface area contributed by atoms with Gasteiger partial charge in [-0.3, -0.25) is 0 Å². The minimum Gasteiger partial charge on any atom is -0.465 e. The second-order valence-electron chi connectivity index (χ2n) is 3.88. The Bertz CT molecular complexity index is 453. The number of amides is 1. The highest BCUT2D eigenvalue weighted by Gasteiger charge is 2.24. The Balaban J connectivity index is 2.42. The summed E-state index contributed by atoms with van der Waals surface area (Å²) in [5.41, 5.74) is 1.82. The van der Waals surface area contributed by atoms with Gasteiger partial charge in [-0.1, -0.05) is 11.6 Å². The number of hydrogen-bond donors (Lipinski definition) is 3. The molecule has 0 aliphatic carbocycles. The third-order valence-corrected chi connectivity index (χ3v) is 2.99. The number of halogens is 2. The zero-order valence-electron chi connectivity index (χ0n) is 8.96. The van der Waals surface area contributed by atoms with Crippen LogP contribution in [-0.2, 0) is 6.67 Å². The normalized spacial score (nSPS) is 18.1. The van der Waals surface area contributed by atoms with Crippen LogP contribution in [0.4, 0.5) is 14.9 Å². The first-order chi connectivity index (χ1) is 8.11. The smallest absolute Gasteiger partial charge is 0.405 e. The van der Waals surface area contributed by atoms with E-state index in [4.69, 9.17) is 16.7 Å². The first-order valence-corrected chi connectivity index (χ1v) is 5.61. The molecule has 1 aromatic rings. The second kappa shape index (κ2) is 4.79. The molecular weight excluding hydrogens is 247 g/mol.